The third-order valence-electron chi connectivity index (χ3n) is 2.54. The highest BCUT2D eigenvalue weighted by Gasteiger charge is 2.09. The molecule has 0 aliphatic carbocycles. The molecule has 0 unspecified atom stereocenters. The van der Waals surface area contributed by atoms with Gasteiger partial charge in [0, 0.05) is 11.8 Å². The Morgan fingerprint density at radius 3 is 2.30 bits per heavy atom. The average Bonchev–Trinajstić information content (AvgIpc) is 2.49. The van der Waals surface area contributed by atoms with Crippen LogP contribution in [0.15, 0.2) is 18.8 Å². The van der Waals surface area contributed by atoms with Crippen LogP contribution in [-0.4, -0.2) is 44.5 Å². The van der Waals surface area contributed by atoms with Gasteiger partial charge in [-0.2, -0.15) is 0 Å². The van der Waals surface area contributed by atoms with Crippen molar-refractivity contribution in [3.8, 4) is 0 Å². The van der Waals surface area contributed by atoms with Crippen LogP contribution in [0.1, 0.15) is 22.8 Å². The number of esters is 1. The summed E-state index contributed by atoms with van der Waals surface area (Å²) in [7, 11) is 1.32. The third-order valence-corrected chi connectivity index (χ3v) is 2.54. The van der Waals surface area contributed by atoms with Crippen molar-refractivity contribution >= 4 is 17.4 Å². The van der Waals surface area contributed by atoms with E-state index in [1.54, 1.807) is 13.0 Å². The average molecular weight is 280 g/mol. The van der Waals surface area contributed by atoms with Crippen LogP contribution in [-0.2, 0) is 14.2 Å². The zero-order valence-electron chi connectivity index (χ0n) is 11.8. The second-order valence-corrected chi connectivity index (χ2v) is 4.15. The van der Waals surface area contributed by atoms with Gasteiger partial charge in [0.25, 0.3) is 0 Å². The topological polar surface area (TPSA) is 83.7 Å². The summed E-state index contributed by atoms with van der Waals surface area (Å²) in [5.74, 6) is -0.0647. The van der Waals surface area contributed by atoms with Gasteiger partial charge in [0.2, 0.25) is 0 Å². The van der Waals surface area contributed by atoms with Crippen LogP contribution in [0.5, 0.6) is 0 Å². The monoisotopic (exact) mass is 280 g/mol. The molecular formula is C14H20N2O4. The SMILES string of the molecule is C1COCCO1.C=C(C)c1cc(C(=O)OC)cnc1N. The minimum atomic E-state index is -0.431. The number of anilines is 1. The molecule has 1 aliphatic heterocycles. The van der Waals surface area contributed by atoms with Crippen molar-refractivity contribution < 1.29 is 19.0 Å². The first-order valence-electron chi connectivity index (χ1n) is 6.21. The van der Waals surface area contributed by atoms with E-state index in [1.807, 2.05) is 0 Å². The number of allylic oxidation sites excluding steroid dienone is 1. The Morgan fingerprint density at radius 2 is 1.90 bits per heavy atom. The van der Waals surface area contributed by atoms with Gasteiger partial charge in [0.1, 0.15) is 5.82 Å². The fourth-order valence-electron chi connectivity index (χ4n) is 1.49. The Morgan fingerprint density at radius 1 is 1.35 bits per heavy atom. The Balaban J connectivity index is 0.000000276. The molecule has 6 heteroatoms. The normalized spacial score (nSPS) is 13.9. The van der Waals surface area contributed by atoms with Gasteiger partial charge in [0.15, 0.2) is 0 Å². The van der Waals surface area contributed by atoms with Crippen molar-refractivity contribution in [2.75, 3.05) is 39.3 Å². The summed E-state index contributed by atoms with van der Waals surface area (Å²) >= 11 is 0. The van der Waals surface area contributed by atoms with Crippen LogP contribution in [0.4, 0.5) is 5.82 Å². The van der Waals surface area contributed by atoms with Crippen molar-refractivity contribution in [3.05, 3.63) is 30.0 Å². The van der Waals surface area contributed by atoms with E-state index in [-0.39, 0.29) is 0 Å². The number of hydrogen-bond acceptors (Lipinski definition) is 6. The molecule has 1 saturated heterocycles. The van der Waals surface area contributed by atoms with Gasteiger partial charge in [-0.1, -0.05) is 6.58 Å². The number of ether oxygens (including phenoxy) is 3. The summed E-state index contributed by atoms with van der Waals surface area (Å²) in [6.07, 6.45) is 1.38. The van der Waals surface area contributed by atoms with E-state index in [1.165, 1.54) is 13.3 Å². The predicted octanol–water partition coefficient (Wildman–Crippen LogP) is 1.52. The summed E-state index contributed by atoms with van der Waals surface area (Å²) < 4.78 is 14.5. The number of methoxy groups -OCH3 is 1. The molecule has 110 valence electrons. The number of nitrogens with two attached hydrogens (primary N) is 1. The number of hydrogen-bond donors (Lipinski definition) is 1. The number of carbonyl (C=O) groups excluding carboxylic acids is 1. The number of carbonyl (C=O) groups is 1. The van der Waals surface area contributed by atoms with Crippen molar-refractivity contribution in [1.82, 2.24) is 4.98 Å². The Labute approximate surface area is 118 Å². The van der Waals surface area contributed by atoms with Crippen molar-refractivity contribution in [3.63, 3.8) is 0 Å². The summed E-state index contributed by atoms with van der Waals surface area (Å²) in [6.45, 7) is 8.65. The first kappa shape index (κ1) is 16.1. The minimum Gasteiger partial charge on any atom is -0.465 e. The smallest absolute Gasteiger partial charge is 0.339 e. The quantitative estimate of drug-likeness (QED) is 0.827. The van der Waals surface area contributed by atoms with E-state index in [4.69, 9.17) is 15.2 Å². The lowest BCUT2D eigenvalue weighted by molar-refractivity contribution is -0.0334. The lowest BCUT2D eigenvalue weighted by atomic mass is 10.1. The summed E-state index contributed by atoms with van der Waals surface area (Å²) in [5, 5.41) is 0. The van der Waals surface area contributed by atoms with E-state index in [2.05, 4.69) is 16.3 Å². The Kier molecular flexibility index (Phi) is 6.69. The molecular weight excluding hydrogens is 260 g/mol. The molecule has 0 amide bonds. The first-order valence-corrected chi connectivity index (χ1v) is 6.21. The van der Waals surface area contributed by atoms with Crippen LogP contribution in [0.2, 0.25) is 0 Å². The number of nitrogens with zero attached hydrogens (tertiary/aromatic N) is 1. The fourth-order valence-corrected chi connectivity index (χ4v) is 1.49. The molecule has 0 aromatic carbocycles. The van der Waals surface area contributed by atoms with Crippen LogP contribution in [0.25, 0.3) is 5.57 Å². The summed E-state index contributed by atoms with van der Waals surface area (Å²) in [5.41, 5.74) is 7.42. The number of rotatable bonds is 2. The maximum Gasteiger partial charge on any atom is 0.339 e. The molecule has 2 heterocycles. The molecule has 1 fully saturated rings. The zero-order valence-corrected chi connectivity index (χ0v) is 11.8. The highest BCUT2D eigenvalue weighted by molar-refractivity contribution is 5.90. The Bertz CT molecular complexity index is 459. The molecule has 20 heavy (non-hydrogen) atoms. The molecule has 0 atom stereocenters. The molecule has 0 bridgehead atoms. The van der Waals surface area contributed by atoms with E-state index >= 15 is 0 Å². The van der Waals surface area contributed by atoms with Crippen LogP contribution in [0.3, 0.4) is 0 Å². The van der Waals surface area contributed by atoms with Gasteiger partial charge >= 0.3 is 5.97 Å². The maximum atomic E-state index is 11.2. The molecule has 0 saturated carbocycles. The lowest BCUT2D eigenvalue weighted by Gasteiger charge is -2.09. The highest BCUT2D eigenvalue weighted by atomic mass is 16.6. The third kappa shape index (κ3) is 4.99. The van der Waals surface area contributed by atoms with Gasteiger partial charge in [0.05, 0.1) is 39.1 Å². The standard InChI is InChI=1S/C10H12N2O2.C4H8O2/c1-6(2)8-4-7(10(13)14-3)5-12-9(8)11;1-2-6-4-3-5-1/h4-5H,1H2,2-3H3,(H2,11,12);1-4H2. The van der Waals surface area contributed by atoms with E-state index in [9.17, 15) is 4.79 Å². The first-order chi connectivity index (χ1) is 9.56. The van der Waals surface area contributed by atoms with Gasteiger partial charge in [-0.25, -0.2) is 9.78 Å². The van der Waals surface area contributed by atoms with Crippen molar-refractivity contribution in [2.45, 2.75) is 6.92 Å². The van der Waals surface area contributed by atoms with Gasteiger partial charge < -0.3 is 19.9 Å². The number of pyridine rings is 1. The van der Waals surface area contributed by atoms with Gasteiger partial charge in [-0.15, -0.1) is 0 Å². The lowest BCUT2D eigenvalue weighted by Crippen LogP contribution is -2.16. The molecule has 1 aromatic rings. The zero-order chi connectivity index (χ0) is 15.0. The van der Waals surface area contributed by atoms with Crippen LogP contribution < -0.4 is 5.73 Å². The van der Waals surface area contributed by atoms with Crippen molar-refractivity contribution in [1.29, 1.82) is 0 Å². The number of nitrogen functional groups attached to an aromatic ring is 1. The highest BCUT2D eigenvalue weighted by Crippen LogP contribution is 2.18. The predicted molar refractivity (Wildman–Crippen MR) is 76.3 cm³/mol. The molecule has 2 N–H and O–H groups in total. The summed E-state index contributed by atoms with van der Waals surface area (Å²) in [4.78, 5) is 15.1. The molecule has 6 nitrogen and oxygen atoms in total. The van der Waals surface area contributed by atoms with Gasteiger partial charge in [-0.3, -0.25) is 0 Å². The van der Waals surface area contributed by atoms with Gasteiger partial charge in [-0.05, 0) is 18.6 Å². The fraction of sp³-hybridized carbons (Fsp3) is 0.429. The largest absolute Gasteiger partial charge is 0.465 e. The van der Waals surface area contributed by atoms with Crippen LogP contribution in [0, 0.1) is 0 Å². The number of aromatic nitrogens is 1. The maximum absolute atomic E-state index is 11.2. The molecule has 2 rings (SSSR count). The molecule has 0 radical (unpaired) electrons. The molecule has 1 aromatic heterocycles. The van der Waals surface area contributed by atoms with E-state index in [0.29, 0.717) is 16.9 Å². The van der Waals surface area contributed by atoms with Crippen LogP contribution >= 0.6 is 0 Å². The molecule has 1 aliphatic rings. The second kappa shape index (κ2) is 8.29. The van der Waals surface area contributed by atoms with Crippen molar-refractivity contribution in [2.24, 2.45) is 0 Å². The second-order valence-electron chi connectivity index (χ2n) is 4.15. The summed E-state index contributed by atoms with van der Waals surface area (Å²) in [6, 6.07) is 1.62. The Hall–Kier alpha value is -1.92. The van der Waals surface area contributed by atoms with E-state index in [0.717, 1.165) is 32.0 Å². The molecule has 0 spiro atoms. The van der Waals surface area contributed by atoms with E-state index < -0.39 is 5.97 Å². The minimum absolute atomic E-state index is 0.366.